The lowest BCUT2D eigenvalue weighted by atomic mass is 10.2. The number of anilines is 1. The van der Waals surface area contributed by atoms with Crippen molar-refractivity contribution in [3.8, 4) is 5.75 Å². The summed E-state index contributed by atoms with van der Waals surface area (Å²) in [7, 11) is 3.60. The van der Waals surface area contributed by atoms with Crippen LogP contribution in [0.15, 0.2) is 29.3 Å². The Balaban J connectivity index is 0.00000341. The number of rotatable bonds is 8. The highest BCUT2D eigenvalue weighted by Gasteiger charge is 2.20. The maximum absolute atomic E-state index is 5.26. The molecule has 0 aromatic heterocycles. The summed E-state index contributed by atoms with van der Waals surface area (Å²) in [6.45, 7) is 14.6. The number of aliphatic imine (C=N–C) groups is 1. The number of halogens is 1. The topological polar surface area (TPSA) is 46.6 Å². The third-order valence-corrected chi connectivity index (χ3v) is 6.32. The third kappa shape index (κ3) is 7.98. The van der Waals surface area contributed by atoms with Gasteiger partial charge in [-0.2, -0.15) is 0 Å². The van der Waals surface area contributed by atoms with Gasteiger partial charge in [0.25, 0.3) is 0 Å². The van der Waals surface area contributed by atoms with Gasteiger partial charge in [-0.3, -0.25) is 4.99 Å². The van der Waals surface area contributed by atoms with Gasteiger partial charge in [0.2, 0.25) is 0 Å². The Labute approximate surface area is 205 Å². The molecule has 0 unspecified atom stereocenters. The van der Waals surface area contributed by atoms with Crippen LogP contribution in [0, 0.1) is 0 Å². The van der Waals surface area contributed by atoms with Crippen LogP contribution in [0.5, 0.6) is 5.75 Å². The minimum Gasteiger partial charge on any atom is -0.497 e. The van der Waals surface area contributed by atoms with E-state index in [-0.39, 0.29) is 24.0 Å². The fraction of sp³-hybridized carbons (Fsp3) is 0.696. The molecule has 2 aliphatic heterocycles. The van der Waals surface area contributed by atoms with Gasteiger partial charge in [0.05, 0.1) is 7.11 Å². The van der Waals surface area contributed by atoms with E-state index in [0.29, 0.717) is 0 Å². The number of nitrogens with zero attached hydrogens (tertiary/aromatic N) is 5. The molecule has 0 atom stereocenters. The van der Waals surface area contributed by atoms with Crippen LogP contribution in [0.2, 0.25) is 0 Å². The number of methoxy groups -OCH3 is 1. The third-order valence-electron chi connectivity index (χ3n) is 6.32. The van der Waals surface area contributed by atoms with E-state index >= 15 is 0 Å². The smallest absolute Gasteiger partial charge is 0.193 e. The molecular formula is C23H41IN6O. The van der Waals surface area contributed by atoms with Crippen LogP contribution in [0.3, 0.4) is 0 Å². The standard InChI is InChI=1S/C23H40N6O.HI/c1-4-26-13-15-27(16-14-26)12-6-5-11-25-23(24-2)29-19-17-28(18-20-29)21-7-9-22(30-3)10-8-21;/h7-10H,4-6,11-20H2,1-3H3,(H,24,25);1H. The van der Waals surface area contributed by atoms with Gasteiger partial charge >= 0.3 is 0 Å². The Morgan fingerprint density at radius 2 is 1.58 bits per heavy atom. The Hall–Kier alpha value is -1.26. The number of benzene rings is 1. The van der Waals surface area contributed by atoms with Gasteiger partial charge in [0.15, 0.2) is 5.96 Å². The molecule has 0 radical (unpaired) electrons. The van der Waals surface area contributed by atoms with Crippen LogP contribution in [-0.2, 0) is 0 Å². The van der Waals surface area contributed by atoms with Gasteiger partial charge in [-0.25, -0.2) is 0 Å². The largest absolute Gasteiger partial charge is 0.497 e. The number of guanidine groups is 1. The highest BCUT2D eigenvalue weighted by atomic mass is 127. The summed E-state index contributed by atoms with van der Waals surface area (Å²) >= 11 is 0. The zero-order chi connectivity index (χ0) is 21.2. The van der Waals surface area contributed by atoms with E-state index in [1.54, 1.807) is 7.11 Å². The molecule has 2 aliphatic rings. The average molecular weight is 545 g/mol. The summed E-state index contributed by atoms with van der Waals surface area (Å²) in [6, 6.07) is 8.35. The molecule has 0 amide bonds. The molecule has 1 N–H and O–H groups in total. The first-order chi connectivity index (χ1) is 14.7. The van der Waals surface area contributed by atoms with Crippen LogP contribution < -0.4 is 15.0 Å². The number of nitrogens with one attached hydrogen (secondary N) is 1. The van der Waals surface area contributed by atoms with Crippen molar-refractivity contribution < 1.29 is 4.74 Å². The summed E-state index contributed by atoms with van der Waals surface area (Å²) in [4.78, 5) is 14.5. The van der Waals surface area contributed by atoms with Crippen LogP contribution in [0.25, 0.3) is 0 Å². The van der Waals surface area contributed by atoms with Gasteiger partial charge < -0.3 is 29.7 Å². The van der Waals surface area contributed by atoms with Gasteiger partial charge in [0, 0.05) is 71.6 Å². The molecule has 2 saturated heterocycles. The van der Waals surface area contributed by atoms with E-state index in [4.69, 9.17) is 4.74 Å². The summed E-state index contributed by atoms with van der Waals surface area (Å²) in [5, 5.41) is 3.58. The molecule has 176 valence electrons. The lowest BCUT2D eigenvalue weighted by molar-refractivity contribution is 0.136. The molecule has 8 heteroatoms. The monoisotopic (exact) mass is 544 g/mol. The maximum Gasteiger partial charge on any atom is 0.193 e. The van der Waals surface area contributed by atoms with Crippen molar-refractivity contribution in [1.29, 1.82) is 0 Å². The van der Waals surface area contributed by atoms with Gasteiger partial charge in [-0.05, 0) is 50.2 Å². The fourth-order valence-corrected chi connectivity index (χ4v) is 4.29. The Morgan fingerprint density at radius 3 is 2.16 bits per heavy atom. The van der Waals surface area contributed by atoms with Crippen molar-refractivity contribution in [2.24, 2.45) is 4.99 Å². The minimum absolute atomic E-state index is 0. The van der Waals surface area contributed by atoms with E-state index in [0.717, 1.165) is 44.4 Å². The number of hydrogen-bond donors (Lipinski definition) is 1. The van der Waals surface area contributed by atoms with Crippen LogP contribution in [0.4, 0.5) is 5.69 Å². The van der Waals surface area contributed by atoms with Crippen LogP contribution >= 0.6 is 24.0 Å². The van der Waals surface area contributed by atoms with Crippen molar-refractivity contribution in [1.82, 2.24) is 20.0 Å². The minimum atomic E-state index is 0. The second-order valence-corrected chi connectivity index (χ2v) is 8.13. The van der Waals surface area contributed by atoms with Gasteiger partial charge in [-0.1, -0.05) is 6.92 Å². The molecule has 2 fully saturated rings. The molecule has 2 heterocycles. The lowest BCUT2D eigenvalue weighted by Crippen LogP contribution is -2.52. The highest BCUT2D eigenvalue weighted by molar-refractivity contribution is 14.0. The molecule has 31 heavy (non-hydrogen) atoms. The average Bonchev–Trinajstić information content (AvgIpc) is 2.82. The fourth-order valence-electron chi connectivity index (χ4n) is 4.29. The van der Waals surface area contributed by atoms with Crippen LogP contribution in [-0.4, -0.2) is 107 Å². The molecule has 0 saturated carbocycles. The quantitative estimate of drug-likeness (QED) is 0.235. The summed E-state index contributed by atoms with van der Waals surface area (Å²) in [6.07, 6.45) is 2.44. The predicted octanol–water partition coefficient (Wildman–Crippen LogP) is 2.43. The zero-order valence-corrected chi connectivity index (χ0v) is 21.9. The van der Waals surface area contributed by atoms with E-state index in [1.807, 2.05) is 19.2 Å². The molecule has 0 bridgehead atoms. The first kappa shape index (κ1) is 26.0. The molecule has 1 aromatic rings. The summed E-state index contributed by atoms with van der Waals surface area (Å²) in [5.74, 6) is 1.95. The molecule has 0 spiro atoms. The number of ether oxygens (including phenoxy) is 1. The number of piperazine rings is 2. The first-order valence-electron chi connectivity index (χ1n) is 11.5. The number of hydrogen-bond acceptors (Lipinski definition) is 5. The lowest BCUT2D eigenvalue weighted by Gasteiger charge is -2.37. The van der Waals surface area contributed by atoms with Crippen molar-refractivity contribution in [3.05, 3.63) is 24.3 Å². The molecule has 7 nitrogen and oxygen atoms in total. The van der Waals surface area contributed by atoms with E-state index in [2.05, 4.69) is 49.0 Å². The van der Waals surface area contributed by atoms with Crippen molar-refractivity contribution in [2.75, 3.05) is 91.0 Å². The zero-order valence-electron chi connectivity index (χ0n) is 19.6. The van der Waals surface area contributed by atoms with E-state index < -0.39 is 0 Å². The number of unbranched alkanes of at least 4 members (excludes halogenated alkanes) is 1. The van der Waals surface area contributed by atoms with Crippen molar-refractivity contribution >= 4 is 35.6 Å². The van der Waals surface area contributed by atoms with Gasteiger partial charge in [0.1, 0.15) is 5.75 Å². The summed E-state index contributed by atoms with van der Waals surface area (Å²) in [5.41, 5.74) is 1.26. The molecular weight excluding hydrogens is 503 g/mol. The van der Waals surface area contributed by atoms with E-state index in [1.165, 1.54) is 57.8 Å². The highest BCUT2D eigenvalue weighted by Crippen LogP contribution is 2.20. The van der Waals surface area contributed by atoms with Gasteiger partial charge in [-0.15, -0.1) is 24.0 Å². The number of likely N-dealkylation sites (N-methyl/N-ethyl adjacent to an activating group) is 1. The Bertz CT molecular complexity index is 640. The maximum atomic E-state index is 5.26. The Kier molecular flexibility index (Phi) is 11.7. The molecule has 3 rings (SSSR count). The first-order valence-corrected chi connectivity index (χ1v) is 11.5. The Morgan fingerprint density at radius 1 is 0.935 bits per heavy atom. The van der Waals surface area contributed by atoms with Crippen molar-refractivity contribution in [2.45, 2.75) is 19.8 Å². The van der Waals surface area contributed by atoms with E-state index in [9.17, 15) is 0 Å². The normalized spacial score (nSPS) is 18.6. The second kappa shape index (κ2) is 14.0. The molecule has 1 aromatic carbocycles. The second-order valence-electron chi connectivity index (χ2n) is 8.13. The van der Waals surface area contributed by atoms with Crippen molar-refractivity contribution in [3.63, 3.8) is 0 Å². The summed E-state index contributed by atoms with van der Waals surface area (Å²) < 4.78 is 5.26. The molecule has 0 aliphatic carbocycles. The van der Waals surface area contributed by atoms with Crippen LogP contribution in [0.1, 0.15) is 19.8 Å². The SMILES string of the molecule is CCN1CCN(CCCCNC(=NC)N2CCN(c3ccc(OC)cc3)CC2)CC1.I. The predicted molar refractivity (Wildman–Crippen MR) is 141 cm³/mol.